The van der Waals surface area contributed by atoms with E-state index in [0.29, 0.717) is 15.8 Å². The van der Waals surface area contributed by atoms with Crippen molar-refractivity contribution in [1.82, 2.24) is 0 Å². The predicted octanol–water partition coefficient (Wildman–Crippen LogP) is 5.10. The van der Waals surface area contributed by atoms with Crippen LogP contribution < -0.4 is 14.8 Å². The van der Waals surface area contributed by atoms with E-state index in [9.17, 15) is 24.6 Å². The number of halogens is 2. The lowest BCUT2D eigenvalue weighted by Crippen LogP contribution is -2.38. The van der Waals surface area contributed by atoms with Crippen molar-refractivity contribution in [2.75, 3.05) is 11.9 Å². The minimum absolute atomic E-state index is 0.0640. The molecule has 0 aliphatic carbocycles. The summed E-state index contributed by atoms with van der Waals surface area (Å²) < 4.78 is 11.1. The number of anilines is 1. The summed E-state index contributed by atoms with van der Waals surface area (Å²) in [7, 11) is 0. The fourth-order valence-electron chi connectivity index (χ4n) is 2.93. The Kier molecular flexibility index (Phi) is 7.00. The number of carboxylic acid groups (broad SMARTS) is 2. The summed E-state index contributed by atoms with van der Waals surface area (Å²) in [6.07, 6.45) is 0. The van der Waals surface area contributed by atoms with Gasteiger partial charge >= 0.3 is 11.9 Å². The van der Waals surface area contributed by atoms with E-state index >= 15 is 0 Å². The number of hydrogen-bond acceptors (Lipinski definition) is 5. The smallest absolute Gasteiger partial charge is 0.347 e. The Morgan fingerprint density at radius 2 is 1.70 bits per heavy atom. The number of nitrogens with one attached hydrogen (secondary N) is 1. The SMILES string of the molecule is CC(C)(Oc1ccccc1NC(=O)COc1cc(C(=O)O)cc2cc(Cl)cc(Cl)c12)C(=O)O. The number of rotatable bonds is 8. The molecule has 0 fully saturated rings. The molecule has 0 bridgehead atoms. The average molecular weight is 492 g/mol. The molecule has 0 aliphatic heterocycles. The minimum atomic E-state index is -1.52. The molecule has 0 saturated heterocycles. The molecule has 3 N–H and O–H groups in total. The van der Waals surface area contributed by atoms with Gasteiger partial charge in [-0.2, -0.15) is 0 Å². The third-order valence-electron chi connectivity index (χ3n) is 4.58. The van der Waals surface area contributed by atoms with Gasteiger partial charge in [-0.3, -0.25) is 4.79 Å². The molecule has 3 aromatic carbocycles. The molecule has 0 spiro atoms. The number of ether oxygens (including phenoxy) is 2. The second-order valence-electron chi connectivity index (χ2n) is 7.52. The van der Waals surface area contributed by atoms with Crippen molar-refractivity contribution in [2.24, 2.45) is 0 Å². The summed E-state index contributed by atoms with van der Waals surface area (Å²) in [6.45, 7) is 2.29. The maximum atomic E-state index is 12.6. The molecule has 33 heavy (non-hydrogen) atoms. The van der Waals surface area contributed by atoms with Crippen LogP contribution in [-0.4, -0.2) is 40.3 Å². The van der Waals surface area contributed by atoms with E-state index < -0.39 is 30.1 Å². The van der Waals surface area contributed by atoms with Crippen LogP contribution >= 0.6 is 23.2 Å². The van der Waals surface area contributed by atoms with Gasteiger partial charge in [0.15, 0.2) is 12.2 Å². The molecule has 0 aromatic heterocycles. The van der Waals surface area contributed by atoms with Crippen LogP contribution in [0.5, 0.6) is 11.5 Å². The molecule has 3 rings (SSSR count). The van der Waals surface area contributed by atoms with Crippen molar-refractivity contribution in [3.63, 3.8) is 0 Å². The highest BCUT2D eigenvalue weighted by molar-refractivity contribution is 6.39. The molecule has 0 atom stereocenters. The maximum absolute atomic E-state index is 12.6. The number of benzene rings is 3. The van der Waals surface area contributed by atoms with Gasteiger partial charge in [0.1, 0.15) is 11.5 Å². The van der Waals surface area contributed by atoms with Gasteiger partial charge in [-0.15, -0.1) is 0 Å². The van der Waals surface area contributed by atoms with Gasteiger partial charge < -0.3 is 25.0 Å². The van der Waals surface area contributed by atoms with Crippen molar-refractivity contribution in [3.8, 4) is 11.5 Å². The highest BCUT2D eigenvalue weighted by Gasteiger charge is 2.30. The van der Waals surface area contributed by atoms with E-state index in [4.69, 9.17) is 32.7 Å². The van der Waals surface area contributed by atoms with Crippen molar-refractivity contribution in [2.45, 2.75) is 19.4 Å². The Morgan fingerprint density at radius 1 is 1.00 bits per heavy atom. The molecule has 8 nitrogen and oxygen atoms in total. The van der Waals surface area contributed by atoms with Gasteiger partial charge in [0.05, 0.1) is 16.3 Å². The lowest BCUT2D eigenvalue weighted by atomic mass is 10.1. The number of hydrogen-bond donors (Lipinski definition) is 3. The first-order valence-corrected chi connectivity index (χ1v) is 10.3. The van der Waals surface area contributed by atoms with E-state index in [-0.39, 0.29) is 27.8 Å². The second kappa shape index (κ2) is 9.56. The summed E-state index contributed by atoms with van der Waals surface area (Å²) in [4.78, 5) is 35.4. The van der Waals surface area contributed by atoms with Gasteiger partial charge in [-0.1, -0.05) is 35.3 Å². The number of carbonyl (C=O) groups is 3. The Labute approximate surface area is 198 Å². The summed E-state index contributed by atoms with van der Waals surface area (Å²) in [5.74, 6) is -2.69. The Bertz CT molecular complexity index is 1260. The molecule has 0 saturated carbocycles. The highest BCUT2D eigenvalue weighted by Crippen LogP contribution is 2.36. The van der Waals surface area contributed by atoms with Crippen LogP contribution in [0.4, 0.5) is 5.69 Å². The second-order valence-corrected chi connectivity index (χ2v) is 8.36. The van der Waals surface area contributed by atoms with Crippen LogP contribution in [0.3, 0.4) is 0 Å². The molecule has 172 valence electrons. The zero-order chi connectivity index (χ0) is 24.3. The first-order valence-electron chi connectivity index (χ1n) is 9.58. The lowest BCUT2D eigenvalue weighted by molar-refractivity contribution is -0.152. The zero-order valence-electron chi connectivity index (χ0n) is 17.5. The number of aromatic carboxylic acids is 1. The number of aliphatic carboxylic acids is 1. The molecule has 10 heteroatoms. The van der Waals surface area contributed by atoms with Crippen molar-refractivity contribution in [3.05, 3.63) is 64.1 Å². The van der Waals surface area contributed by atoms with Crippen LogP contribution in [0.15, 0.2) is 48.5 Å². The molecular weight excluding hydrogens is 473 g/mol. The van der Waals surface area contributed by atoms with Crippen molar-refractivity contribution >= 4 is 57.5 Å². The van der Waals surface area contributed by atoms with Crippen molar-refractivity contribution < 1.29 is 34.1 Å². The van der Waals surface area contributed by atoms with Crippen LogP contribution in [0, 0.1) is 0 Å². The Hall–Kier alpha value is -3.49. The third-order valence-corrected chi connectivity index (χ3v) is 5.09. The number of amides is 1. The molecule has 1 amide bonds. The first-order chi connectivity index (χ1) is 15.5. The van der Waals surface area contributed by atoms with Crippen LogP contribution in [0.1, 0.15) is 24.2 Å². The molecule has 3 aromatic rings. The van der Waals surface area contributed by atoms with Crippen molar-refractivity contribution in [1.29, 1.82) is 0 Å². The van der Waals surface area contributed by atoms with E-state index in [1.165, 1.54) is 38.1 Å². The van der Waals surface area contributed by atoms with E-state index in [1.54, 1.807) is 24.3 Å². The van der Waals surface area contributed by atoms with E-state index in [1.807, 2.05) is 0 Å². The lowest BCUT2D eigenvalue weighted by Gasteiger charge is -2.23. The highest BCUT2D eigenvalue weighted by atomic mass is 35.5. The monoisotopic (exact) mass is 491 g/mol. The quantitative estimate of drug-likeness (QED) is 0.400. The number of fused-ring (bicyclic) bond motifs is 1. The summed E-state index contributed by atoms with van der Waals surface area (Å²) >= 11 is 12.3. The number of carbonyl (C=O) groups excluding carboxylic acids is 1. The standard InChI is InChI=1S/C23H19Cl2NO7/c1-23(2,22(30)31)33-17-6-4-3-5-16(17)26-19(27)11-32-18-9-13(21(28)29)7-12-8-14(24)10-15(25)20(12)18/h3-10H,11H2,1-2H3,(H,26,27)(H,28,29)(H,30,31). The molecule has 0 heterocycles. The number of carboxylic acids is 2. The summed E-state index contributed by atoms with van der Waals surface area (Å²) in [5.41, 5.74) is -1.34. The normalized spacial score (nSPS) is 11.2. The fourth-order valence-corrected chi connectivity index (χ4v) is 3.54. The Morgan fingerprint density at radius 3 is 2.36 bits per heavy atom. The Balaban J connectivity index is 1.83. The fraction of sp³-hybridized carbons (Fsp3) is 0.174. The average Bonchev–Trinajstić information content (AvgIpc) is 2.72. The molecule has 0 radical (unpaired) electrons. The van der Waals surface area contributed by atoms with Gasteiger partial charge in [0.2, 0.25) is 0 Å². The maximum Gasteiger partial charge on any atom is 0.347 e. The zero-order valence-corrected chi connectivity index (χ0v) is 19.0. The van der Waals surface area contributed by atoms with Crippen LogP contribution in [-0.2, 0) is 9.59 Å². The van der Waals surface area contributed by atoms with Gasteiger partial charge in [-0.05, 0) is 55.6 Å². The van der Waals surface area contributed by atoms with E-state index in [0.717, 1.165) is 0 Å². The largest absolute Gasteiger partial charge is 0.483 e. The van der Waals surface area contributed by atoms with Gasteiger partial charge in [-0.25, -0.2) is 9.59 Å². The molecule has 0 aliphatic rings. The molecular formula is C23H19Cl2NO7. The van der Waals surface area contributed by atoms with Crippen LogP contribution in [0.2, 0.25) is 10.0 Å². The summed E-state index contributed by atoms with van der Waals surface area (Å²) in [5, 5.41) is 22.7. The van der Waals surface area contributed by atoms with Gasteiger partial charge in [0.25, 0.3) is 5.91 Å². The molecule has 0 unspecified atom stereocenters. The van der Waals surface area contributed by atoms with Crippen LogP contribution in [0.25, 0.3) is 10.8 Å². The number of para-hydroxylation sites is 2. The van der Waals surface area contributed by atoms with E-state index in [2.05, 4.69) is 5.32 Å². The predicted molar refractivity (Wildman–Crippen MR) is 124 cm³/mol. The van der Waals surface area contributed by atoms with Gasteiger partial charge in [0, 0.05) is 10.4 Å². The topological polar surface area (TPSA) is 122 Å². The minimum Gasteiger partial charge on any atom is -0.483 e. The first kappa shape index (κ1) is 24.2. The third kappa shape index (κ3) is 5.66. The summed E-state index contributed by atoms with van der Waals surface area (Å²) in [6, 6.07) is 12.0.